The zero-order valence-corrected chi connectivity index (χ0v) is 14.9. The standard InChI is InChI=1S/C17H26ClN.ClH.H2O/c1-13(9-12-19)16(2,3)17(10-4-11-17)14-5-7-15(18)8-6-14;;/h5-8,13H,4,9-12,19H2,1-3H3;1H;1H2. The molecule has 0 radical (unpaired) electrons. The maximum Gasteiger partial charge on any atom is 0.0406 e. The molecule has 21 heavy (non-hydrogen) atoms. The van der Waals surface area contributed by atoms with E-state index in [1.807, 2.05) is 12.1 Å². The summed E-state index contributed by atoms with van der Waals surface area (Å²) in [6.45, 7) is 7.96. The van der Waals surface area contributed by atoms with Crippen molar-refractivity contribution in [2.75, 3.05) is 6.54 Å². The molecular weight excluding hydrogens is 305 g/mol. The fraction of sp³-hybridized carbons (Fsp3) is 0.647. The minimum Gasteiger partial charge on any atom is -0.412 e. The molecule has 1 aromatic rings. The van der Waals surface area contributed by atoms with Gasteiger partial charge in [-0.15, -0.1) is 12.4 Å². The number of hydrogen-bond donors (Lipinski definition) is 1. The maximum atomic E-state index is 6.03. The van der Waals surface area contributed by atoms with Crippen molar-refractivity contribution in [3.05, 3.63) is 34.9 Å². The molecule has 1 atom stereocenters. The molecule has 1 saturated carbocycles. The van der Waals surface area contributed by atoms with Gasteiger partial charge in [-0.25, -0.2) is 0 Å². The molecule has 4 heteroatoms. The molecule has 0 bridgehead atoms. The molecule has 1 aliphatic rings. The number of rotatable bonds is 5. The normalized spacial score (nSPS) is 18.0. The predicted octanol–water partition coefficient (Wildman–Crippen LogP) is 4.37. The van der Waals surface area contributed by atoms with Crippen LogP contribution in [0.3, 0.4) is 0 Å². The highest BCUT2D eigenvalue weighted by molar-refractivity contribution is 6.30. The number of halogens is 2. The minimum absolute atomic E-state index is 0. The number of benzene rings is 1. The lowest BCUT2D eigenvalue weighted by Gasteiger charge is -2.56. The van der Waals surface area contributed by atoms with Crippen LogP contribution in [0.1, 0.15) is 52.0 Å². The second-order valence-corrected chi connectivity index (χ2v) is 7.08. The molecule has 0 amide bonds. The summed E-state index contributed by atoms with van der Waals surface area (Å²) in [5.41, 5.74) is 7.81. The molecule has 0 spiro atoms. The van der Waals surface area contributed by atoms with E-state index in [0.717, 1.165) is 18.0 Å². The van der Waals surface area contributed by atoms with Gasteiger partial charge in [0.25, 0.3) is 0 Å². The molecule has 1 unspecified atom stereocenters. The molecule has 2 rings (SSSR count). The molecule has 0 heterocycles. The average Bonchev–Trinajstić information content (AvgIpc) is 2.30. The lowest BCUT2D eigenvalue weighted by Crippen LogP contribution is -2.51. The van der Waals surface area contributed by atoms with E-state index in [1.165, 1.54) is 24.8 Å². The van der Waals surface area contributed by atoms with Gasteiger partial charge in [-0.1, -0.05) is 50.9 Å². The summed E-state index contributed by atoms with van der Waals surface area (Å²) < 4.78 is 0. The van der Waals surface area contributed by atoms with E-state index < -0.39 is 0 Å². The lowest BCUT2D eigenvalue weighted by atomic mass is 9.48. The van der Waals surface area contributed by atoms with Gasteiger partial charge >= 0.3 is 0 Å². The van der Waals surface area contributed by atoms with Gasteiger partial charge < -0.3 is 11.2 Å². The molecular formula is C17H29Cl2NO. The summed E-state index contributed by atoms with van der Waals surface area (Å²) in [6.07, 6.45) is 5.01. The van der Waals surface area contributed by atoms with Gasteiger partial charge in [-0.05, 0) is 54.8 Å². The Hall–Kier alpha value is -0.280. The van der Waals surface area contributed by atoms with Gasteiger partial charge in [0.05, 0.1) is 0 Å². The Morgan fingerprint density at radius 1 is 1.24 bits per heavy atom. The Balaban J connectivity index is 0.00000200. The highest BCUT2D eigenvalue weighted by Crippen LogP contribution is 2.58. The highest BCUT2D eigenvalue weighted by Gasteiger charge is 2.52. The number of nitrogens with two attached hydrogens (primary N) is 1. The van der Waals surface area contributed by atoms with Crippen LogP contribution in [0.25, 0.3) is 0 Å². The summed E-state index contributed by atoms with van der Waals surface area (Å²) in [5.74, 6) is 0.633. The lowest BCUT2D eigenvalue weighted by molar-refractivity contribution is 0.0178. The first kappa shape index (κ1) is 20.7. The van der Waals surface area contributed by atoms with Gasteiger partial charge in [0, 0.05) is 10.4 Å². The third kappa shape index (κ3) is 3.56. The topological polar surface area (TPSA) is 57.5 Å². The second-order valence-electron chi connectivity index (χ2n) is 6.64. The molecule has 0 aromatic heterocycles. The van der Waals surface area contributed by atoms with Crippen molar-refractivity contribution in [1.29, 1.82) is 0 Å². The van der Waals surface area contributed by atoms with E-state index in [1.54, 1.807) is 0 Å². The SMILES string of the molecule is CC(CCN)C(C)(C)C1(c2ccc(Cl)cc2)CCC1.Cl.O. The summed E-state index contributed by atoms with van der Waals surface area (Å²) in [4.78, 5) is 0. The molecule has 122 valence electrons. The van der Waals surface area contributed by atoms with Crippen LogP contribution < -0.4 is 5.73 Å². The van der Waals surface area contributed by atoms with Crippen molar-refractivity contribution in [3.8, 4) is 0 Å². The first-order valence-electron chi connectivity index (χ1n) is 7.40. The smallest absolute Gasteiger partial charge is 0.0406 e. The molecule has 1 aliphatic carbocycles. The van der Waals surface area contributed by atoms with E-state index in [2.05, 4.69) is 32.9 Å². The predicted molar refractivity (Wildman–Crippen MR) is 94.5 cm³/mol. The van der Waals surface area contributed by atoms with Gasteiger partial charge in [0.15, 0.2) is 0 Å². The maximum absolute atomic E-state index is 6.03. The summed E-state index contributed by atoms with van der Waals surface area (Å²) in [6, 6.07) is 8.50. The van der Waals surface area contributed by atoms with Crippen molar-refractivity contribution in [1.82, 2.24) is 0 Å². The Labute approximate surface area is 140 Å². The average molecular weight is 334 g/mol. The van der Waals surface area contributed by atoms with Crippen molar-refractivity contribution in [2.24, 2.45) is 17.1 Å². The largest absolute Gasteiger partial charge is 0.412 e. The molecule has 1 aromatic carbocycles. The monoisotopic (exact) mass is 333 g/mol. The van der Waals surface area contributed by atoms with Crippen LogP contribution in [0.15, 0.2) is 24.3 Å². The molecule has 2 nitrogen and oxygen atoms in total. The van der Waals surface area contributed by atoms with Crippen molar-refractivity contribution in [3.63, 3.8) is 0 Å². The van der Waals surface area contributed by atoms with Crippen LogP contribution in [0.5, 0.6) is 0 Å². The third-order valence-corrected chi connectivity index (χ3v) is 5.92. The first-order chi connectivity index (χ1) is 8.94. The van der Waals surface area contributed by atoms with E-state index in [4.69, 9.17) is 17.3 Å². The van der Waals surface area contributed by atoms with E-state index >= 15 is 0 Å². The van der Waals surface area contributed by atoms with Crippen molar-refractivity contribution in [2.45, 2.75) is 51.9 Å². The van der Waals surface area contributed by atoms with Crippen molar-refractivity contribution < 1.29 is 5.48 Å². The molecule has 1 fully saturated rings. The fourth-order valence-electron chi connectivity index (χ4n) is 3.69. The van der Waals surface area contributed by atoms with Gasteiger partial charge in [-0.2, -0.15) is 0 Å². The molecule has 0 aliphatic heterocycles. The van der Waals surface area contributed by atoms with Crippen LogP contribution in [0, 0.1) is 11.3 Å². The van der Waals surface area contributed by atoms with Crippen LogP contribution in [-0.2, 0) is 5.41 Å². The quantitative estimate of drug-likeness (QED) is 0.854. The zero-order chi connectivity index (χ0) is 14.1. The van der Waals surface area contributed by atoms with Gasteiger partial charge in [-0.3, -0.25) is 0 Å². The summed E-state index contributed by atoms with van der Waals surface area (Å²) in [7, 11) is 0. The van der Waals surface area contributed by atoms with Crippen LogP contribution >= 0.6 is 24.0 Å². The summed E-state index contributed by atoms with van der Waals surface area (Å²) in [5, 5.41) is 0.825. The Morgan fingerprint density at radius 3 is 2.14 bits per heavy atom. The van der Waals surface area contributed by atoms with Crippen LogP contribution in [0.4, 0.5) is 0 Å². The van der Waals surface area contributed by atoms with Gasteiger partial charge in [0.2, 0.25) is 0 Å². The van der Waals surface area contributed by atoms with Gasteiger partial charge in [0.1, 0.15) is 0 Å². The van der Waals surface area contributed by atoms with E-state index in [0.29, 0.717) is 11.3 Å². The Morgan fingerprint density at radius 2 is 1.76 bits per heavy atom. The third-order valence-electron chi connectivity index (χ3n) is 5.67. The fourth-order valence-corrected chi connectivity index (χ4v) is 3.81. The minimum atomic E-state index is 0. The molecule has 4 N–H and O–H groups in total. The Kier molecular flexibility index (Phi) is 7.72. The zero-order valence-electron chi connectivity index (χ0n) is 13.3. The van der Waals surface area contributed by atoms with Crippen LogP contribution in [-0.4, -0.2) is 12.0 Å². The van der Waals surface area contributed by atoms with E-state index in [9.17, 15) is 0 Å². The second kappa shape index (κ2) is 7.82. The highest BCUT2D eigenvalue weighted by atomic mass is 35.5. The van der Waals surface area contributed by atoms with E-state index in [-0.39, 0.29) is 23.3 Å². The Bertz CT molecular complexity index is 427. The molecule has 0 saturated heterocycles. The number of hydrogen-bond acceptors (Lipinski definition) is 1. The summed E-state index contributed by atoms with van der Waals surface area (Å²) >= 11 is 6.03. The van der Waals surface area contributed by atoms with Crippen molar-refractivity contribution >= 4 is 24.0 Å². The van der Waals surface area contributed by atoms with Crippen LogP contribution in [0.2, 0.25) is 5.02 Å². The first-order valence-corrected chi connectivity index (χ1v) is 7.78.